The van der Waals surface area contributed by atoms with Crippen molar-refractivity contribution in [2.75, 3.05) is 18.0 Å². The van der Waals surface area contributed by atoms with Crippen molar-refractivity contribution in [3.05, 3.63) is 58.8 Å². The van der Waals surface area contributed by atoms with Crippen molar-refractivity contribution in [1.82, 2.24) is 4.98 Å². The molecule has 118 valence electrons. The quantitative estimate of drug-likeness (QED) is 0.393. The molecule has 0 unspecified atom stereocenters. The largest absolute Gasteiger partial charge is 0.453 e. The van der Waals surface area contributed by atoms with Crippen LogP contribution in [0.5, 0.6) is 0 Å². The molecule has 0 aromatic heterocycles. The third-order valence-electron chi connectivity index (χ3n) is 4.81. The summed E-state index contributed by atoms with van der Waals surface area (Å²) in [6.45, 7) is 2.17. The number of fused-ring (bicyclic) bond motifs is 4. The first-order chi connectivity index (χ1) is 11.8. The first kappa shape index (κ1) is 13.5. The summed E-state index contributed by atoms with van der Waals surface area (Å²) in [6.07, 6.45) is 2.47. The van der Waals surface area contributed by atoms with E-state index in [1.807, 2.05) is 36.4 Å². The van der Waals surface area contributed by atoms with Gasteiger partial charge in [-0.2, -0.15) is 0 Å². The zero-order valence-corrected chi connectivity index (χ0v) is 13.2. The molecule has 1 fully saturated rings. The maximum absolute atomic E-state index is 12.3. The van der Waals surface area contributed by atoms with Crippen LogP contribution < -0.4 is 10.3 Å². The molecule has 24 heavy (non-hydrogen) atoms. The molecule has 2 heterocycles. The Kier molecular flexibility index (Phi) is 2.86. The van der Waals surface area contributed by atoms with Crippen LogP contribution in [0.15, 0.2) is 57.7 Å². The van der Waals surface area contributed by atoms with Gasteiger partial charge in [-0.05, 0) is 25.0 Å². The van der Waals surface area contributed by atoms with E-state index < -0.39 is 0 Å². The van der Waals surface area contributed by atoms with Gasteiger partial charge in [-0.15, -0.1) is 0 Å². The highest BCUT2D eigenvalue weighted by molar-refractivity contribution is 5.96. The van der Waals surface area contributed by atoms with Gasteiger partial charge in [0.25, 0.3) is 0 Å². The number of hydrogen-bond acceptors (Lipinski definition) is 4. The predicted molar refractivity (Wildman–Crippen MR) is 95.9 cm³/mol. The van der Waals surface area contributed by atoms with Gasteiger partial charge in [0.15, 0.2) is 16.8 Å². The molecule has 3 aliphatic rings. The van der Waals surface area contributed by atoms with Gasteiger partial charge in [-0.25, -0.2) is 4.98 Å². The third-order valence-corrected chi connectivity index (χ3v) is 4.81. The van der Waals surface area contributed by atoms with Crippen molar-refractivity contribution in [1.29, 1.82) is 0 Å². The first-order valence-corrected chi connectivity index (χ1v) is 8.31. The van der Waals surface area contributed by atoms with Gasteiger partial charge in [-0.3, -0.25) is 4.79 Å². The summed E-state index contributed by atoms with van der Waals surface area (Å²) in [5.74, 6) is 0.546. The van der Waals surface area contributed by atoms with Gasteiger partial charge >= 0.3 is 0 Å². The van der Waals surface area contributed by atoms with Crippen LogP contribution in [0.25, 0.3) is 33.3 Å². The van der Waals surface area contributed by atoms with Crippen molar-refractivity contribution in [3.63, 3.8) is 0 Å². The molecule has 2 aromatic carbocycles. The van der Waals surface area contributed by atoms with Crippen LogP contribution >= 0.6 is 0 Å². The number of rotatable bonds is 1. The second kappa shape index (κ2) is 5.06. The van der Waals surface area contributed by atoms with Crippen molar-refractivity contribution in [2.45, 2.75) is 12.8 Å². The van der Waals surface area contributed by atoms with Crippen molar-refractivity contribution in [2.24, 2.45) is 0 Å². The van der Waals surface area contributed by atoms with Crippen LogP contribution in [0.3, 0.4) is 0 Å². The molecule has 0 radical (unpaired) electrons. The molecular weight excluding hydrogens is 300 g/mol. The number of benzene rings is 3. The molecule has 0 bridgehead atoms. The van der Waals surface area contributed by atoms with Crippen LogP contribution in [-0.2, 0) is 0 Å². The topological polar surface area (TPSA) is 46.3 Å². The van der Waals surface area contributed by atoms with Gasteiger partial charge in [0.1, 0.15) is 11.2 Å². The first-order valence-electron chi connectivity index (χ1n) is 8.31. The fraction of sp³-hybridized carbons (Fsp3) is 0.200. The van der Waals surface area contributed by atoms with Crippen LogP contribution in [0.2, 0.25) is 0 Å². The van der Waals surface area contributed by atoms with Crippen LogP contribution in [0.4, 0.5) is 5.69 Å². The summed E-state index contributed by atoms with van der Waals surface area (Å²) in [5.41, 5.74) is 3.41. The minimum atomic E-state index is -0.0290. The summed E-state index contributed by atoms with van der Waals surface area (Å²) in [5, 5.41) is 1.52. The Morgan fingerprint density at radius 3 is 2.58 bits per heavy atom. The monoisotopic (exact) mass is 316 g/mol. The maximum atomic E-state index is 12.3. The molecule has 5 rings (SSSR count). The number of nitrogens with zero attached hydrogens (tertiary/aromatic N) is 2. The van der Waals surface area contributed by atoms with E-state index in [-0.39, 0.29) is 5.43 Å². The smallest absolute Gasteiger partial charge is 0.190 e. The van der Waals surface area contributed by atoms with E-state index in [0.29, 0.717) is 11.1 Å². The lowest BCUT2D eigenvalue weighted by atomic mass is 10.0. The highest BCUT2D eigenvalue weighted by Crippen LogP contribution is 2.32. The molecule has 4 heteroatoms. The highest BCUT2D eigenvalue weighted by Gasteiger charge is 2.17. The predicted octanol–water partition coefficient (Wildman–Crippen LogP) is 4.05. The SMILES string of the molecule is O=c1cc2oc3cc(N4CCCC4)ccc3nc-2c2ccccc12. The molecule has 0 amide bonds. The summed E-state index contributed by atoms with van der Waals surface area (Å²) < 4.78 is 6.05. The average molecular weight is 316 g/mol. The summed E-state index contributed by atoms with van der Waals surface area (Å²) in [6, 6.07) is 15.2. The van der Waals surface area contributed by atoms with Crippen LogP contribution in [0.1, 0.15) is 12.8 Å². The number of anilines is 1. The molecule has 4 nitrogen and oxygen atoms in total. The summed E-state index contributed by atoms with van der Waals surface area (Å²) in [7, 11) is 0. The lowest BCUT2D eigenvalue weighted by Crippen LogP contribution is -2.17. The Labute approximate surface area is 138 Å². The van der Waals surface area contributed by atoms with E-state index in [9.17, 15) is 4.79 Å². The average Bonchev–Trinajstić information content (AvgIpc) is 3.15. The molecule has 1 saturated heterocycles. The van der Waals surface area contributed by atoms with Crippen LogP contribution in [0, 0.1) is 0 Å². The molecular formula is C20H16N2O2. The Balaban J connectivity index is 1.79. The van der Waals surface area contributed by atoms with Crippen molar-refractivity contribution < 1.29 is 4.42 Å². The second-order valence-electron chi connectivity index (χ2n) is 6.33. The summed E-state index contributed by atoms with van der Waals surface area (Å²) in [4.78, 5) is 19.4. The number of hydrogen-bond donors (Lipinski definition) is 0. The molecule has 0 spiro atoms. The number of aromatic nitrogens is 1. The third kappa shape index (κ3) is 1.99. The normalized spacial score (nSPS) is 14.9. The zero-order chi connectivity index (χ0) is 16.1. The minimum absolute atomic E-state index is 0.0290. The lowest BCUT2D eigenvalue weighted by molar-refractivity contribution is 0.613. The van der Waals surface area contributed by atoms with E-state index in [1.54, 1.807) is 6.07 Å². The maximum Gasteiger partial charge on any atom is 0.190 e. The summed E-state index contributed by atoms with van der Waals surface area (Å²) >= 11 is 0. The van der Waals surface area contributed by atoms with Gasteiger partial charge < -0.3 is 9.32 Å². The second-order valence-corrected chi connectivity index (χ2v) is 6.33. The molecule has 2 aliphatic heterocycles. The minimum Gasteiger partial charge on any atom is -0.453 e. The van der Waals surface area contributed by atoms with Gasteiger partial charge in [-0.1, -0.05) is 24.3 Å². The van der Waals surface area contributed by atoms with Crippen molar-refractivity contribution >= 4 is 27.6 Å². The molecule has 0 atom stereocenters. The fourth-order valence-corrected chi connectivity index (χ4v) is 3.58. The fourth-order valence-electron chi connectivity index (χ4n) is 3.58. The van der Waals surface area contributed by atoms with Crippen molar-refractivity contribution in [3.8, 4) is 11.5 Å². The Morgan fingerprint density at radius 2 is 1.75 bits per heavy atom. The van der Waals surface area contributed by atoms with E-state index in [1.165, 1.54) is 12.8 Å². The van der Waals surface area contributed by atoms with E-state index in [0.717, 1.165) is 41.0 Å². The van der Waals surface area contributed by atoms with Gasteiger partial charge in [0.05, 0.1) is 0 Å². The Hall–Kier alpha value is -2.88. The Bertz CT molecular complexity index is 1090. The van der Waals surface area contributed by atoms with Gasteiger partial charge in [0.2, 0.25) is 0 Å². The Morgan fingerprint density at radius 1 is 0.958 bits per heavy atom. The van der Waals surface area contributed by atoms with E-state index >= 15 is 0 Å². The zero-order valence-electron chi connectivity index (χ0n) is 13.2. The van der Waals surface area contributed by atoms with E-state index in [2.05, 4.69) is 11.0 Å². The molecule has 0 saturated carbocycles. The standard InChI is InChI=1S/C20H16N2O2/c23-17-12-19-20(15-6-2-1-5-14(15)17)21-16-8-7-13(11-18(16)24-19)22-9-3-4-10-22/h1-2,5-8,11-12H,3-4,9-10H2. The molecule has 0 N–H and O–H groups in total. The molecule has 2 aromatic rings. The highest BCUT2D eigenvalue weighted by atomic mass is 16.3. The van der Waals surface area contributed by atoms with E-state index in [4.69, 9.17) is 9.40 Å². The lowest BCUT2D eigenvalue weighted by Gasteiger charge is -2.18. The van der Waals surface area contributed by atoms with Gasteiger partial charge in [0, 0.05) is 41.7 Å². The van der Waals surface area contributed by atoms with Crippen LogP contribution in [-0.4, -0.2) is 18.1 Å². The molecule has 1 aliphatic carbocycles.